The first-order valence-corrected chi connectivity index (χ1v) is 13.3. The van der Waals surface area contributed by atoms with Gasteiger partial charge in [0.15, 0.2) is 0 Å². The average Bonchev–Trinajstić information content (AvgIpc) is 3.60. The molecular formula is C29H28N2O4S. The summed E-state index contributed by atoms with van der Waals surface area (Å²) in [6.07, 6.45) is 0.480. The van der Waals surface area contributed by atoms with Gasteiger partial charge in [0, 0.05) is 22.6 Å². The van der Waals surface area contributed by atoms with Crippen LogP contribution in [-0.2, 0) is 20.2 Å². The van der Waals surface area contributed by atoms with Gasteiger partial charge >= 0.3 is 0 Å². The van der Waals surface area contributed by atoms with Crippen molar-refractivity contribution in [3.05, 3.63) is 101 Å². The summed E-state index contributed by atoms with van der Waals surface area (Å²) < 4.78 is 35.2. The van der Waals surface area contributed by atoms with Gasteiger partial charge in [-0.1, -0.05) is 53.6 Å². The quantitative estimate of drug-likeness (QED) is 0.398. The molecule has 1 saturated carbocycles. The van der Waals surface area contributed by atoms with E-state index < -0.39 is 21.3 Å². The van der Waals surface area contributed by atoms with E-state index in [1.54, 1.807) is 31.4 Å². The number of carbonyl (C=O) groups is 1. The van der Waals surface area contributed by atoms with Crippen molar-refractivity contribution in [3.63, 3.8) is 0 Å². The lowest BCUT2D eigenvalue weighted by molar-refractivity contribution is -0.122. The summed E-state index contributed by atoms with van der Waals surface area (Å²) in [6, 6.07) is 22.1. The Labute approximate surface area is 211 Å². The van der Waals surface area contributed by atoms with E-state index in [0.29, 0.717) is 28.6 Å². The molecule has 2 atom stereocenters. The molecule has 7 heteroatoms. The molecule has 0 radical (unpaired) electrons. The molecule has 5 rings (SSSR count). The monoisotopic (exact) mass is 500 g/mol. The maximum Gasteiger partial charge on any atom is 0.264 e. The number of fused-ring (bicyclic) bond motifs is 1. The Morgan fingerprint density at radius 3 is 2.42 bits per heavy atom. The molecule has 2 unspecified atom stereocenters. The molecule has 4 aromatic rings. The fraction of sp³-hybridized carbons (Fsp3) is 0.241. The molecule has 1 aliphatic rings. The standard InChI is InChI=1S/C29H28N2O4S/c1-18-8-12-21(13-9-18)24-17-29(24,23-16-19(2)10-15-26(23)35-4)28(32)31-36(33,34)27-7-5-6-25-22(27)14-11-20(3)30-25/h5-16,24H,17H2,1-4H3,(H,31,32). The van der Waals surface area contributed by atoms with Crippen molar-refractivity contribution in [2.24, 2.45) is 0 Å². The van der Waals surface area contributed by atoms with Crippen molar-refractivity contribution in [2.45, 2.75) is 43.4 Å². The molecule has 0 saturated heterocycles. The first-order valence-electron chi connectivity index (χ1n) is 11.8. The lowest BCUT2D eigenvalue weighted by atomic mass is 9.88. The van der Waals surface area contributed by atoms with Gasteiger partial charge in [-0.3, -0.25) is 9.78 Å². The third-order valence-electron chi connectivity index (χ3n) is 7.03. The number of methoxy groups -OCH3 is 1. The van der Waals surface area contributed by atoms with Crippen LogP contribution in [0.1, 0.15) is 40.3 Å². The number of rotatable bonds is 6. The number of sulfonamides is 1. The van der Waals surface area contributed by atoms with Crippen LogP contribution < -0.4 is 9.46 Å². The molecule has 1 N–H and O–H groups in total. The fourth-order valence-electron chi connectivity index (χ4n) is 5.04. The minimum Gasteiger partial charge on any atom is -0.496 e. The normalized spacial score (nSPS) is 19.2. The van der Waals surface area contributed by atoms with Crippen LogP contribution in [0.15, 0.2) is 77.7 Å². The van der Waals surface area contributed by atoms with E-state index in [9.17, 15) is 13.2 Å². The van der Waals surface area contributed by atoms with Gasteiger partial charge < -0.3 is 4.74 Å². The van der Waals surface area contributed by atoms with Crippen LogP contribution in [0, 0.1) is 20.8 Å². The summed E-state index contributed by atoms with van der Waals surface area (Å²) in [7, 11) is -2.61. The molecule has 1 amide bonds. The predicted octanol–water partition coefficient (Wildman–Crippen LogP) is 5.10. The Morgan fingerprint density at radius 1 is 0.972 bits per heavy atom. The lowest BCUT2D eigenvalue weighted by Gasteiger charge is -2.21. The average molecular weight is 501 g/mol. The first-order chi connectivity index (χ1) is 17.2. The molecular weight excluding hydrogens is 472 g/mol. The maximum absolute atomic E-state index is 14.0. The summed E-state index contributed by atoms with van der Waals surface area (Å²) in [5.41, 5.74) is 4.03. The van der Waals surface area contributed by atoms with Crippen molar-refractivity contribution >= 4 is 26.8 Å². The highest BCUT2D eigenvalue weighted by Gasteiger charge is 2.63. The van der Waals surface area contributed by atoms with Gasteiger partial charge in [-0.15, -0.1) is 0 Å². The zero-order valence-electron chi connectivity index (χ0n) is 20.7. The van der Waals surface area contributed by atoms with Gasteiger partial charge in [-0.05, 0) is 63.1 Å². The second kappa shape index (κ2) is 8.75. The Bertz CT molecular complexity index is 1600. The number of hydrogen-bond acceptors (Lipinski definition) is 5. The third-order valence-corrected chi connectivity index (χ3v) is 8.42. The zero-order chi connectivity index (χ0) is 25.7. The van der Waals surface area contributed by atoms with E-state index in [1.807, 2.05) is 63.2 Å². The highest BCUT2D eigenvalue weighted by Crippen LogP contribution is 2.62. The Hall–Kier alpha value is -3.71. The van der Waals surface area contributed by atoms with Gasteiger partial charge in [-0.25, -0.2) is 13.1 Å². The van der Waals surface area contributed by atoms with Crippen molar-refractivity contribution in [1.29, 1.82) is 0 Å². The topological polar surface area (TPSA) is 85.4 Å². The molecule has 1 aliphatic carbocycles. The van der Waals surface area contributed by atoms with Crippen LogP contribution in [0.25, 0.3) is 10.9 Å². The van der Waals surface area contributed by atoms with Crippen molar-refractivity contribution < 1.29 is 17.9 Å². The number of pyridine rings is 1. The summed E-state index contributed by atoms with van der Waals surface area (Å²) in [4.78, 5) is 18.4. The van der Waals surface area contributed by atoms with Gasteiger partial charge in [0.1, 0.15) is 5.75 Å². The van der Waals surface area contributed by atoms with Crippen molar-refractivity contribution in [1.82, 2.24) is 9.71 Å². The van der Waals surface area contributed by atoms with Gasteiger partial charge in [0.05, 0.1) is 22.9 Å². The smallest absolute Gasteiger partial charge is 0.264 e. The van der Waals surface area contributed by atoms with Crippen LogP contribution in [0.4, 0.5) is 0 Å². The van der Waals surface area contributed by atoms with E-state index in [-0.39, 0.29) is 10.8 Å². The molecule has 6 nitrogen and oxygen atoms in total. The fourth-order valence-corrected chi connectivity index (χ4v) is 6.29. The summed E-state index contributed by atoms with van der Waals surface area (Å²) in [5, 5.41) is 0.469. The number of ether oxygens (including phenoxy) is 1. The molecule has 1 heterocycles. The molecule has 1 fully saturated rings. The number of nitrogens with zero attached hydrogens (tertiary/aromatic N) is 1. The van der Waals surface area contributed by atoms with Crippen molar-refractivity contribution in [2.75, 3.05) is 7.11 Å². The Balaban J connectivity index is 1.59. The summed E-state index contributed by atoms with van der Waals surface area (Å²) >= 11 is 0. The van der Waals surface area contributed by atoms with Crippen LogP contribution in [0.2, 0.25) is 0 Å². The lowest BCUT2D eigenvalue weighted by Crippen LogP contribution is -2.40. The van der Waals surface area contributed by atoms with Gasteiger partial charge in [-0.2, -0.15) is 0 Å². The van der Waals surface area contributed by atoms with Gasteiger partial charge in [0.25, 0.3) is 10.0 Å². The van der Waals surface area contributed by atoms with Crippen LogP contribution >= 0.6 is 0 Å². The molecule has 0 spiro atoms. The van der Waals surface area contributed by atoms with E-state index in [2.05, 4.69) is 9.71 Å². The Kier molecular flexibility index (Phi) is 5.83. The van der Waals surface area contributed by atoms with Crippen LogP contribution in [-0.4, -0.2) is 26.4 Å². The van der Waals surface area contributed by atoms with Crippen LogP contribution in [0.5, 0.6) is 5.75 Å². The molecule has 36 heavy (non-hydrogen) atoms. The predicted molar refractivity (Wildman–Crippen MR) is 140 cm³/mol. The number of nitrogens with one attached hydrogen (secondary N) is 1. The second-order valence-corrected chi connectivity index (χ2v) is 11.2. The highest BCUT2D eigenvalue weighted by molar-refractivity contribution is 7.90. The van der Waals surface area contributed by atoms with Crippen LogP contribution in [0.3, 0.4) is 0 Å². The minimum absolute atomic E-state index is 0.0275. The largest absolute Gasteiger partial charge is 0.496 e. The third kappa shape index (κ3) is 4.03. The van der Waals surface area contributed by atoms with Gasteiger partial charge in [0.2, 0.25) is 5.91 Å². The highest BCUT2D eigenvalue weighted by atomic mass is 32.2. The van der Waals surface area contributed by atoms with E-state index in [1.165, 1.54) is 6.07 Å². The number of benzene rings is 3. The maximum atomic E-state index is 14.0. The molecule has 3 aromatic carbocycles. The van der Waals surface area contributed by atoms with Crippen molar-refractivity contribution in [3.8, 4) is 5.75 Å². The number of aryl methyl sites for hydroxylation is 3. The molecule has 184 valence electrons. The Morgan fingerprint density at radius 2 is 1.69 bits per heavy atom. The van der Waals surface area contributed by atoms with E-state index >= 15 is 0 Å². The number of carbonyl (C=O) groups excluding carboxylic acids is 1. The summed E-state index contributed by atoms with van der Waals surface area (Å²) in [5.74, 6) is -0.178. The number of aromatic nitrogens is 1. The molecule has 0 bridgehead atoms. The summed E-state index contributed by atoms with van der Waals surface area (Å²) in [6.45, 7) is 5.80. The SMILES string of the molecule is COc1ccc(C)cc1C1(C(=O)NS(=O)(=O)c2cccc3nc(C)ccc23)CC1c1ccc(C)cc1. The second-order valence-electron chi connectivity index (χ2n) is 9.55. The van der Waals surface area contributed by atoms with E-state index in [0.717, 1.165) is 22.4 Å². The molecule has 1 aromatic heterocycles. The minimum atomic E-state index is -4.17. The van der Waals surface area contributed by atoms with E-state index in [4.69, 9.17) is 4.74 Å². The molecule has 0 aliphatic heterocycles. The zero-order valence-corrected chi connectivity index (χ0v) is 21.5. The number of hydrogen-bond donors (Lipinski definition) is 1. The first kappa shape index (κ1) is 24.0. The number of amides is 1.